The highest BCUT2D eigenvalue weighted by Gasteiger charge is 2.23. The number of nitrogens with zero attached hydrogens (tertiary/aromatic N) is 5. The number of carbonyl (C=O) groups is 1. The molecule has 0 fully saturated rings. The molecular weight excluding hydrogens is 379 g/mol. The second-order valence-corrected chi connectivity index (χ2v) is 6.78. The van der Waals surface area contributed by atoms with Crippen LogP contribution in [0, 0.1) is 43.6 Å². The van der Waals surface area contributed by atoms with Crippen molar-refractivity contribution in [3.63, 3.8) is 0 Å². The van der Waals surface area contributed by atoms with Crippen molar-refractivity contribution >= 4 is 17.3 Å². The molecule has 1 N–H and O–H groups in total. The van der Waals surface area contributed by atoms with Crippen LogP contribution in [0.4, 0.5) is 15.8 Å². The summed E-state index contributed by atoms with van der Waals surface area (Å²) in [6, 6.07) is 6.44. The maximum atomic E-state index is 13.9. The molecule has 10 heteroatoms. The Morgan fingerprint density at radius 3 is 2.38 bits per heavy atom. The Bertz CT molecular complexity index is 1100. The molecule has 0 atom stereocenters. The van der Waals surface area contributed by atoms with Crippen LogP contribution in [0.25, 0.3) is 0 Å². The fraction of sp³-hybridized carbons (Fsp3) is 0.316. The van der Waals surface area contributed by atoms with E-state index in [2.05, 4.69) is 15.5 Å². The Morgan fingerprint density at radius 1 is 1.10 bits per heavy atom. The van der Waals surface area contributed by atoms with Gasteiger partial charge >= 0.3 is 5.69 Å². The first kappa shape index (κ1) is 20.2. The molecule has 152 valence electrons. The van der Waals surface area contributed by atoms with Gasteiger partial charge in [-0.15, -0.1) is 0 Å². The van der Waals surface area contributed by atoms with E-state index in [0.717, 1.165) is 0 Å². The van der Waals surface area contributed by atoms with E-state index in [1.807, 2.05) is 0 Å². The molecule has 0 spiro atoms. The number of rotatable bonds is 6. The summed E-state index contributed by atoms with van der Waals surface area (Å²) in [7, 11) is 0. The minimum Gasteiger partial charge on any atom is -0.321 e. The van der Waals surface area contributed by atoms with Gasteiger partial charge in [0, 0.05) is 5.56 Å². The zero-order chi connectivity index (χ0) is 21.3. The summed E-state index contributed by atoms with van der Waals surface area (Å²) >= 11 is 0. The maximum Gasteiger partial charge on any atom is 0.312 e. The van der Waals surface area contributed by atoms with Crippen LogP contribution in [0.2, 0.25) is 0 Å². The molecule has 0 saturated heterocycles. The number of anilines is 1. The van der Waals surface area contributed by atoms with Gasteiger partial charge in [-0.2, -0.15) is 10.2 Å². The summed E-state index contributed by atoms with van der Waals surface area (Å²) in [4.78, 5) is 23.1. The zero-order valence-corrected chi connectivity index (χ0v) is 16.6. The third-order valence-electron chi connectivity index (χ3n) is 4.74. The molecule has 2 heterocycles. The van der Waals surface area contributed by atoms with Gasteiger partial charge in [0.15, 0.2) is 0 Å². The number of hydrogen-bond acceptors (Lipinski definition) is 5. The van der Waals surface area contributed by atoms with Crippen LogP contribution in [-0.2, 0) is 17.9 Å². The van der Waals surface area contributed by atoms with Gasteiger partial charge in [0.05, 0.1) is 28.5 Å². The first-order chi connectivity index (χ1) is 13.7. The van der Waals surface area contributed by atoms with Gasteiger partial charge in [0.25, 0.3) is 0 Å². The second kappa shape index (κ2) is 7.82. The fourth-order valence-corrected chi connectivity index (χ4v) is 3.24. The average molecular weight is 400 g/mol. The Labute approximate surface area is 166 Å². The van der Waals surface area contributed by atoms with Crippen molar-refractivity contribution in [3.05, 3.63) is 68.5 Å². The molecule has 2 aromatic heterocycles. The molecule has 0 aliphatic carbocycles. The number of nitro groups is 1. The Morgan fingerprint density at radius 2 is 1.76 bits per heavy atom. The molecule has 1 amide bonds. The van der Waals surface area contributed by atoms with Gasteiger partial charge in [0.2, 0.25) is 5.91 Å². The van der Waals surface area contributed by atoms with Crippen molar-refractivity contribution in [2.75, 3.05) is 5.32 Å². The number of nitrogens with one attached hydrogen (secondary N) is 1. The van der Waals surface area contributed by atoms with Gasteiger partial charge in [-0.25, -0.2) is 4.39 Å². The lowest BCUT2D eigenvalue weighted by Crippen LogP contribution is -2.21. The number of halogens is 1. The van der Waals surface area contributed by atoms with E-state index in [1.165, 1.54) is 17.7 Å². The Hall–Kier alpha value is -3.56. The largest absolute Gasteiger partial charge is 0.321 e. The van der Waals surface area contributed by atoms with Crippen molar-refractivity contribution in [1.29, 1.82) is 0 Å². The number of benzene rings is 1. The third kappa shape index (κ3) is 4.00. The van der Waals surface area contributed by atoms with Crippen molar-refractivity contribution < 1.29 is 14.1 Å². The molecule has 9 nitrogen and oxygen atoms in total. The van der Waals surface area contributed by atoms with E-state index >= 15 is 0 Å². The molecular formula is C19H21FN6O3. The van der Waals surface area contributed by atoms with Crippen molar-refractivity contribution in [2.24, 2.45) is 0 Å². The Kier molecular flexibility index (Phi) is 5.44. The van der Waals surface area contributed by atoms with E-state index in [9.17, 15) is 19.3 Å². The molecule has 0 radical (unpaired) electrons. The van der Waals surface area contributed by atoms with E-state index in [4.69, 9.17) is 0 Å². The van der Waals surface area contributed by atoms with E-state index in [0.29, 0.717) is 28.3 Å². The molecule has 0 saturated carbocycles. The summed E-state index contributed by atoms with van der Waals surface area (Å²) in [6.07, 6.45) is 0. The predicted octanol–water partition coefficient (Wildman–Crippen LogP) is 3.05. The van der Waals surface area contributed by atoms with Crippen LogP contribution < -0.4 is 5.32 Å². The lowest BCUT2D eigenvalue weighted by Gasteiger charge is -2.08. The SMILES string of the molecule is Cc1nn(Cc2ccccc2F)c(C)c1NC(=O)Cn1nc(C)c([N+](=O)[O-])c1C. The van der Waals surface area contributed by atoms with Gasteiger partial charge in [0.1, 0.15) is 23.7 Å². The van der Waals surface area contributed by atoms with E-state index < -0.39 is 4.92 Å². The minimum atomic E-state index is -0.507. The fourth-order valence-electron chi connectivity index (χ4n) is 3.24. The molecule has 0 unspecified atom stereocenters. The Balaban J connectivity index is 1.78. The normalized spacial score (nSPS) is 10.9. The highest BCUT2D eigenvalue weighted by molar-refractivity contribution is 5.91. The van der Waals surface area contributed by atoms with Gasteiger partial charge in [-0.05, 0) is 33.8 Å². The van der Waals surface area contributed by atoms with Gasteiger partial charge < -0.3 is 5.32 Å². The number of carbonyl (C=O) groups excluding carboxylic acids is 1. The summed E-state index contributed by atoms with van der Waals surface area (Å²) in [5.41, 5.74) is 2.76. The smallest absolute Gasteiger partial charge is 0.312 e. The topological polar surface area (TPSA) is 108 Å². The molecule has 0 aliphatic rings. The first-order valence-electron chi connectivity index (χ1n) is 8.94. The third-order valence-corrected chi connectivity index (χ3v) is 4.74. The zero-order valence-electron chi connectivity index (χ0n) is 16.6. The first-order valence-corrected chi connectivity index (χ1v) is 8.94. The highest BCUT2D eigenvalue weighted by Crippen LogP contribution is 2.23. The molecule has 0 aliphatic heterocycles. The molecule has 29 heavy (non-hydrogen) atoms. The molecule has 3 rings (SSSR count). The quantitative estimate of drug-likeness (QED) is 0.505. The maximum absolute atomic E-state index is 13.9. The van der Waals surface area contributed by atoms with Gasteiger partial charge in [-0.3, -0.25) is 24.3 Å². The van der Waals surface area contributed by atoms with Crippen molar-refractivity contribution in [2.45, 2.75) is 40.8 Å². The van der Waals surface area contributed by atoms with E-state index in [1.54, 1.807) is 43.7 Å². The predicted molar refractivity (Wildman–Crippen MR) is 104 cm³/mol. The monoisotopic (exact) mass is 400 g/mol. The van der Waals surface area contributed by atoms with Crippen LogP contribution in [0.5, 0.6) is 0 Å². The highest BCUT2D eigenvalue weighted by atomic mass is 19.1. The lowest BCUT2D eigenvalue weighted by molar-refractivity contribution is -0.386. The number of hydrogen-bond donors (Lipinski definition) is 1. The summed E-state index contributed by atoms with van der Waals surface area (Å²) < 4.78 is 16.9. The van der Waals surface area contributed by atoms with Gasteiger partial charge in [-0.1, -0.05) is 18.2 Å². The van der Waals surface area contributed by atoms with Crippen LogP contribution in [0.3, 0.4) is 0 Å². The van der Waals surface area contributed by atoms with Crippen LogP contribution in [-0.4, -0.2) is 30.4 Å². The minimum absolute atomic E-state index is 0.0946. The van der Waals surface area contributed by atoms with Crippen LogP contribution >= 0.6 is 0 Å². The number of aryl methyl sites for hydroxylation is 2. The standard InChI is InChI=1S/C19H21FN6O3/c1-11-18(13(3)24(22-11)9-15-7-5-6-8-16(15)20)21-17(27)10-25-14(4)19(26(28)29)12(2)23-25/h5-8H,9-10H2,1-4H3,(H,21,27). The van der Waals surface area contributed by atoms with Crippen LogP contribution in [0.1, 0.15) is 28.3 Å². The number of aromatic nitrogens is 4. The molecule has 3 aromatic rings. The van der Waals surface area contributed by atoms with Crippen LogP contribution in [0.15, 0.2) is 24.3 Å². The molecule has 1 aromatic carbocycles. The lowest BCUT2D eigenvalue weighted by atomic mass is 10.2. The second-order valence-electron chi connectivity index (χ2n) is 6.78. The molecule has 0 bridgehead atoms. The average Bonchev–Trinajstić information content (AvgIpc) is 3.06. The summed E-state index contributed by atoms with van der Waals surface area (Å²) in [5, 5.41) is 22.4. The van der Waals surface area contributed by atoms with Crippen molar-refractivity contribution in [3.8, 4) is 0 Å². The number of amides is 1. The van der Waals surface area contributed by atoms with E-state index in [-0.39, 0.29) is 36.2 Å². The summed E-state index contributed by atoms with van der Waals surface area (Å²) in [6.45, 7) is 6.67. The van der Waals surface area contributed by atoms with Crippen molar-refractivity contribution in [1.82, 2.24) is 19.6 Å². The summed E-state index contributed by atoms with van der Waals surface area (Å²) in [5.74, 6) is -0.709.